The Morgan fingerprint density at radius 3 is 2.46 bits per heavy atom. The molecule has 0 aliphatic carbocycles. The first-order valence-corrected chi connectivity index (χ1v) is 12.9. The van der Waals surface area contributed by atoms with Gasteiger partial charge < -0.3 is 29.4 Å². The fourth-order valence-corrected chi connectivity index (χ4v) is 4.34. The minimum atomic E-state index is -0.494. The van der Waals surface area contributed by atoms with Crippen LogP contribution in [0.5, 0.6) is 28.7 Å². The summed E-state index contributed by atoms with van der Waals surface area (Å²) in [4.78, 5) is 12.6. The number of nitrogens with two attached hydrogens (primary N) is 1. The van der Waals surface area contributed by atoms with Crippen molar-refractivity contribution in [1.29, 1.82) is 5.26 Å². The number of ether oxygens (including phenoxy) is 5. The number of benzene rings is 3. The van der Waals surface area contributed by atoms with E-state index in [1.54, 1.807) is 37.4 Å². The molecule has 39 heavy (non-hydrogen) atoms. The molecule has 1 heterocycles. The van der Waals surface area contributed by atoms with E-state index < -0.39 is 11.9 Å². The Morgan fingerprint density at radius 2 is 1.77 bits per heavy atom. The van der Waals surface area contributed by atoms with E-state index in [2.05, 4.69) is 13.0 Å². The Balaban J connectivity index is 1.60. The molecule has 1 aliphatic rings. The van der Waals surface area contributed by atoms with Crippen molar-refractivity contribution in [2.24, 2.45) is 5.73 Å². The molecule has 0 spiro atoms. The quantitative estimate of drug-likeness (QED) is 0.193. The molecule has 0 saturated carbocycles. The Hall–Kier alpha value is -4.64. The maximum Gasteiger partial charge on any atom is 0.315 e. The number of hydrogen-bond acceptors (Lipinski definition) is 8. The molecule has 8 nitrogen and oxygen atoms in total. The summed E-state index contributed by atoms with van der Waals surface area (Å²) in [6.45, 7) is 5.06. The largest absolute Gasteiger partial charge is 0.497 e. The van der Waals surface area contributed by atoms with Crippen LogP contribution in [-0.4, -0.2) is 26.3 Å². The zero-order chi connectivity index (χ0) is 27.8. The van der Waals surface area contributed by atoms with Crippen LogP contribution in [0.15, 0.2) is 72.1 Å². The maximum absolute atomic E-state index is 12.6. The second kappa shape index (κ2) is 12.7. The lowest BCUT2D eigenvalue weighted by Gasteiger charge is -2.27. The van der Waals surface area contributed by atoms with Crippen LogP contribution in [0, 0.1) is 11.3 Å². The summed E-state index contributed by atoms with van der Waals surface area (Å²) in [5.41, 5.74) is 8.78. The van der Waals surface area contributed by atoms with E-state index in [-0.39, 0.29) is 17.9 Å². The molecule has 3 aromatic carbocycles. The number of nitrogens with zero attached hydrogens (tertiary/aromatic N) is 1. The number of unbranched alkanes of at least 4 members (excludes halogenated alkanes) is 1. The Labute approximate surface area is 228 Å². The molecule has 1 aliphatic heterocycles. The molecule has 3 aromatic rings. The highest BCUT2D eigenvalue weighted by atomic mass is 16.5. The van der Waals surface area contributed by atoms with Crippen LogP contribution in [0.25, 0.3) is 0 Å². The van der Waals surface area contributed by atoms with Crippen molar-refractivity contribution in [2.45, 2.75) is 39.0 Å². The Bertz CT molecular complexity index is 1390. The van der Waals surface area contributed by atoms with Gasteiger partial charge in [0.15, 0.2) is 11.5 Å². The molecule has 0 bridgehead atoms. The molecule has 202 valence electrons. The minimum absolute atomic E-state index is 0.00191. The molecular weight excluding hydrogens is 496 g/mol. The number of carbonyl (C=O) groups excluding carboxylic acids is 1. The summed E-state index contributed by atoms with van der Waals surface area (Å²) in [6, 6.07) is 20.1. The van der Waals surface area contributed by atoms with Crippen LogP contribution in [0.4, 0.5) is 0 Å². The summed E-state index contributed by atoms with van der Waals surface area (Å²) in [7, 11) is 1.59. The summed E-state index contributed by atoms with van der Waals surface area (Å²) in [5, 5.41) is 9.93. The van der Waals surface area contributed by atoms with Crippen LogP contribution in [-0.2, 0) is 11.2 Å². The predicted molar refractivity (Wildman–Crippen MR) is 146 cm³/mol. The lowest BCUT2D eigenvalue weighted by atomic mass is 9.83. The normalized spacial score (nSPS) is 14.1. The smallest absolute Gasteiger partial charge is 0.315 e. The lowest BCUT2D eigenvalue weighted by Crippen LogP contribution is -2.21. The first kappa shape index (κ1) is 27.4. The number of methoxy groups -OCH3 is 1. The van der Waals surface area contributed by atoms with Gasteiger partial charge in [-0.05, 0) is 54.8 Å². The lowest BCUT2D eigenvalue weighted by molar-refractivity contribution is -0.133. The average Bonchev–Trinajstić information content (AvgIpc) is 2.93. The van der Waals surface area contributed by atoms with Crippen molar-refractivity contribution < 1.29 is 28.5 Å². The molecule has 1 unspecified atom stereocenters. The van der Waals surface area contributed by atoms with E-state index in [0.29, 0.717) is 42.0 Å². The number of rotatable bonds is 11. The number of esters is 1. The second-order valence-corrected chi connectivity index (χ2v) is 8.96. The van der Waals surface area contributed by atoms with E-state index in [4.69, 9.17) is 29.4 Å². The highest BCUT2D eigenvalue weighted by Crippen LogP contribution is 2.45. The summed E-state index contributed by atoms with van der Waals surface area (Å²) in [6.07, 6.45) is 2.05. The SMILES string of the molecule is CCCCOc1ccc(C2C(C#N)=C(N)Oc3cc(OC(=O)Cc4ccc(OC)cc4)ccc32)cc1OCC. The van der Waals surface area contributed by atoms with Gasteiger partial charge in [-0.25, -0.2) is 0 Å². The highest BCUT2D eigenvalue weighted by molar-refractivity contribution is 5.75. The minimum Gasteiger partial charge on any atom is -0.497 e. The number of fused-ring (bicyclic) bond motifs is 1. The Morgan fingerprint density at radius 1 is 1.00 bits per heavy atom. The average molecular weight is 529 g/mol. The standard InChI is InChI=1S/C31H32N2O6/c1-4-6-15-37-26-14-9-21(17-28(26)36-5-2)30-24-13-12-23(18-27(24)39-31(33)25(30)19-32)38-29(34)16-20-7-10-22(35-3)11-8-20/h7-14,17-18,30H,4-6,15-16,33H2,1-3H3. The van der Waals surface area contributed by atoms with Gasteiger partial charge in [0.05, 0.1) is 32.7 Å². The number of hydrogen-bond donors (Lipinski definition) is 1. The molecule has 2 N–H and O–H groups in total. The van der Waals surface area contributed by atoms with Gasteiger partial charge in [-0.1, -0.05) is 37.6 Å². The first-order valence-electron chi connectivity index (χ1n) is 12.9. The third-order valence-electron chi connectivity index (χ3n) is 6.29. The number of nitriles is 1. The topological polar surface area (TPSA) is 113 Å². The molecule has 8 heteroatoms. The van der Waals surface area contributed by atoms with Gasteiger partial charge in [0.25, 0.3) is 0 Å². The second-order valence-electron chi connectivity index (χ2n) is 8.96. The molecule has 4 rings (SSSR count). The third-order valence-corrected chi connectivity index (χ3v) is 6.29. The molecule has 0 radical (unpaired) electrons. The van der Waals surface area contributed by atoms with Gasteiger partial charge in [-0.15, -0.1) is 0 Å². The van der Waals surface area contributed by atoms with Gasteiger partial charge in [-0.2, -0.15) is 5.26 Å². The van der Waals surface area contributed by atoms with Crippen molar-refractivity contribution in [3.8, 4) is 34.8 Å². The number of carbonyl (C=O) groups is 1. The van der Waals surface area contributed by atoms with Crippen molar-refractivity contribution in [3.05, 3.63) is 88.8 Å². The van der Waals surface area contributed by atoms with Crippen LogP contribution in [0.3, 0.4) is 0 Å². The molecule has 0 aromatic heterocycles. The summed E-state index contributed by atoms with van der Waals surface area (Å²) < 4.78 is 28.3. The van der Waals surface area contributed by atoms with Crippen LogP contribution < -0.4 is 29.4 Å². The molecule has 0 amide bonds. The fourth-order valence-electron chi connectivity index (χ4n) is 4.34. The van der Waals surface area contributed by atoms with E-state index in [0.717, 1.165) is 29.5 Å². The first-order chi connectivity index (χ1) is 19.0. The van der Waals surface area contributed by atoms with Crippen LogP contribution >= 0.6 is 0 Å². The van der Waals surface area contributed by atoms with E-state index >= 15 is 0 Å². The predicted octanol–water partition coefficient (Wildman–Crippen LogP) is 5.64. The molecule has 1 atom stereocenters. The van der Waals surface area contributed by atoms with Crippen molar-refractivity contribution in [3.63, 3.8) is 0 Å². The third kappa shape index (κ3) is 6.44. The van der Waals surface area contributed by atoms with Crippen molar-refractivity contribution in [1.82, 2.24) is 0 Å². The maximum atomic E-state index is 12.6. The van der Waals surface area contributed by atoms with Gasteiger partial charge >= 0.3 is 5.97 Å². The van der Waals surface area contributed by atoms with E-state index in [1.807, 2.05) is 37.3 Å². The highest BCUT2D eigenvalue weighted by Gasteiger charge is 2.32. The van der Waals surface area contributed by atoms with Crippen molar-refractivity contribution >= 4 is 5.97 Å². The summed E-state index contributed by atoms with van der Waals surface area (Å²) in [5.74, 6) is 1.76. The van der Waals surface area contributed by atoms with Gasteiger partial charge in [0.1, 0.15) is 28.9 Å². The fraction of sp³-hybridized carbons (Fsp3) is 0.290. The van der Waals surface area contributed by atoms with E-state index in [1.165, 1.54) is 0 Å². The van der Waals surface area contributed by atoms with Gasteiger partial charge in [0.2, 0.25) is 5.88 Å². The molecule has 0 fully saturated rings. The Kier molecular flexibility index (Phi) is 8.95. The van der Waals surface area contributed by atoms with Gasteiger partial charge in [-0.3, -0.25) is 4.79 Å². The zero-order valence-electron chi connectivity index (χ0n) is 22.4. The van der Waals surface area contributed by atoms with Crippen LogP contribution in [0.2, 0.25) is 0 Å². The van der Waals surface area contributed by atoms with E-state index in [9.17, 15) is 10.1 Å². The zero-order valence-corrected chi connectivity index (χ0v) is 22.4. The molecule has 0 saturated heterocycles. The number of allylic oxidation sites excluding steroid dienone is 1. The van der Waals surface area contributed by atoms with Gasteiger partial charge in [0, 0.05) is 11.6 Å². The summed E-state index contributed by atoms with van der Waals surface area (Å²) >= 11 is 0. The van der Waals surface area contributed by atoms with Crippen LogP contribution in [0.1, 0.15) is 49.3 Å². The van der Waals surface area contributed by atoms with Crippen molar-refractivity contribution in [2.75, 3.05) is 20.3 Å². The monoisotopic (exact) mass is 528 g/mol. The molecular formula is C31H32N2O6.